The van der Waals surface area contributed by atoms with E-state index < -0.39 is 0 Å². The fraction of sp³-hybridized carbons (Fsp3) is 0.368. The van der Waals surface area contributed by atoms with Gasteiger partial charge in [0.1, 0.15) is 0 Å². The van der Waals surface area contributed by atoms with Crippen molar-refractivity contribution in [3.8, 4) is 0 Å². The molecular formula is C19H23NO. The molecule has 3 rings (SSSR count). The van der Waals surface area contributed by atoms with E-state index in [0.717, 1.165) is 19.6 Å². The molecule has 2 atom stereocenters. The third-order valence-corrected chi connectivity index (χ3v) is 4.19. The first-order valence-corrected chi connectivity index (χ1v) is 7.68. The van der Waals surface area contributed by atoms with Gasteiger partial charge < -0.3 is 10.1 Å². The molecular weight excluding hydrogens is 258 g/mol. The van der Waals surface area contributed by atoms with Crippen LogP contribution in [0.4, 0.5) is 0 Å². The molecule has 1 saturated heterocycles. The average Bonchev–Trinajstić information content (AvgIpc) is 2.49. The molecule has 0 aromatic heterocycles. The number of morpholine rings is 1. The van der Waals surface area contributed by atoms with E-state index in [1.165, 1.54) is 22.3 Å². The minimum absolute atomic E-state index is 0.178. The molecule has 1 N–H and O–H groups in total. The number of nitrogens with one attached hydrogen (secondary N) is 1. The second-order valence-corrected chi connectivity index (χ2v) is 5.98. The van der Waals surface area contributed by atoms with Crippen LogP contribution in [0.15, 0.2) is 48.5 Å². The van der Waals surface area contributed by atoms with E-state index >= 15 is 0 Å². The largest absolute Gasteiger partial charge is 0.371 e. The summed E-state index contributed by atoms with van der Waals surface area (Å²) in [6, 6.07) is 17.6. The van der Waals surface area contributed by atoms with Crippen molar-refractivity contribution >= 4 is 0 Å². The van der Waals surface area contributed by atoms with E-state index in [0.29, 0.717) is 6.04 Å². The molecule has 1 heterocycles. The molecule has 110 valence electrons. The summed E-state index contributed by atoms with van der Waals surface area (Å²) in [5, 5.41) is 3.63. The van der Waals surface area contributed by atoms with Gasteiger partial charge in [-0.15, -0.1) is 0 Å². The lowest BCUT2D eigenvalue weighted by Crippen LogP contribution is -2.44. The Labute approximate surface area is 127 Å². The Morgan fingerprint density at radius 3 is 2.57 bits per heavy atom. The summed E-state index contributed by atoms with van der Waals surface area (Å²) in [6.07, 6.45) is 1.21. The van der Waals surface area contributed by atoms with E-state index in [4.69, 9.17) is 4.74 Å². The van der Waals surface area contributed by atoms with Gasteiger partial charge in [-0.1, -0.05) is 54.1 Å². The lowest BCUT2D eigenvalue weighted by Gasteiger charge is -2.31. The van der Waals surface area contributed by atoms with Gasteiger partial charge in [0.05, 0.1) is 12.7 Å². The minimum atomic E-state index is 0.178. The number of hydrogen-bond donors (Lipinski definition) is 1. The van der Waals surface area contributed by atoms with E-state index in [2.05, 4.69) is 67.7 Å². The lowest BCUT2D eigenvalue weighted by atomic mass is 9.98. The molecule has 2 aromatic rings. The van der Waals surface area contributed by atoms with Gasteiger partial charge in [0.25, 0.3) is 0 Å². The van der Waals surface area contributed by atoms with Crippen molar-refractivity contribution in [2.45, 2.75) is 32.4 Å². The van der Waals surface area contributed by atoms with Crippen LogP contribution in [0.2, 0.25) is 0 Å². The van der Waals surface area contributed by atoms with Gasteiger partial charge in [0, 0.05) is 12.6 Å². The maximum absolute atomic E-state index is 6.11. The number of benzene rings is 2. The van der Waals surface area contributed by atoms with Crippen molar-refractivity contribution in [2.75, 3.05) is 13.2 Å². The standard InChI is InChI=1S/C19H23NO/c1-14-8-9-18(15(2)10-14)19-12-20-17(13-21-19)11-16-6-4-3-5-7-16/h3-10,17,19-20H,11-13H2,1-2H3. The Morgan fingerprint density at radius 1 is 1.10 bits per heavy atom. The predicted molar refractivity (Wildman–Crippen MR) is 86.5 cm³/mol. The normalized spacial score (nSPS) is 22.2. The van der Waals surface area contributed by atoms with Crippen molar-refractivity contribution < 1.29 is 4.74 Å². The van der Waals surface area contributed by atoms with Crippen LogP contribution in [0.1, 0.15) is 28.4 Å². The zero-order valence-electron chi connectivity index (χ0n) is 12.8. The maximum Gasteiger partial charge on any atom is 0.0952 e. The molecule has 2 nitrogen and oxygen atoms in total. The molecule has 0 saturated carbocycles. The molecule has 0 aliphatic carbocycles. The quantitative estimate of drug-likeness (QED) is 0.928. The summed E-state index contributed by atoms with van der Waals surface area (Å²) in [5.74, 6) is 0. The molecule has 2 aromatic carbocycles. The first-order chi connectivity index (χ1) is 10.2. The lowest BCUT2D eigenvalue weighted by molar-refractivity contribution is 0.00273. The van der Waals surface area contributed by atoms with Gasteiger partial charge in [0.15, 0.2) is 0 Å². The van der Waals surface area contributed by atoms with Crippen molar-refractivity contribution in [1.82, 2.24) is 5.32 Å². The molecule has 0 radical (unpaired) electrons. The Hall–Kier alpha value is -1.64. The fourth-order valence-corrected chi connectivity index (χ4v) is 3.04. The van der Waals surface area contributed by atoms with Gasteiger partial charge in [-0.25, -0.2) is 0 Å². The molecule has 1 aliphatic heterocycles. The maximum atomic E-state index is 6.11. The van der Waals surface area contributed by atoms with Crippen LogP contribution in [-0.4, -0.2) is 19.2 Å². The summed E-state index contributed by atoms with van der Waals surface area (Å²) < 4.78 is 6.11. The second-order valence-electron chi connectivity index (χ2n) is 5.98. The van der Waals surface area contributed by atoms with Crippen LogP contribution in [-0.2, 0) is 11.2 Å². The highest BCUT2D eigenvalue weighted by atomic mass is 16.5. The second kappa shape index (κ2) is 6.42. The zero-order chi connectivity index (χ0) is 14.7. The summed E-state index contributed by atoms with van der Waals surface area (Å²) in [7, 11) is 0. The summed E-state index contributed by atoms with van der Waals surface area (Å²) >= 11 is 0. The van der Waals surface area contributed by atoms with Crippen LogP contribution in [0.3, 0.4) is 0 Å². The highest BCUT2D eigenvalue weighted by Crippen LogP contribution is 2.24. The Kier molecular flexibility index (Phi) is 4.37. The van der Waals surface area contributed by atoms with Crippen molar-refractivity contribution in [3.05, 3.63) is 70.8 Å². The molecule has 1 fully saturated rings. The summed E-state index contributed by atoms with van der Waals surface area (Å²) in [4.78, 5) is 0. The molecule has 1 aliphatic rings. The van der Waals surface area contributed by atoms with E-state index in [9.17, 15) is 0 Å². The number of aryl methyl sites for hydroxylation is 2. The fourth-order valence-electron chi connectivity index (χ4n) is 3.04. The highest BCUT2D eigenvalue weighted by Gasteiger charge is 2.23. The summed E-state index contributed by atoms with van der Waals surface area (Å²) in [6.45, 7) is 5.96. The first-order valence-electron chi connectivity index (χ1n) is 7.68. The molecule has 2 unspecified atom stereocenters. The smallest absolute Gasteiger partial charge is 0.0952 e. The SMILES string of the molecule is Cc1ccc(C2CNC(Cc3ccccc3)CO2)c(C)c1. The highest BCUT2D eigenvalue weighted by molar-refractivity contribution is 5.32. The van der Waals surface area contributed by atoms with Crippen molar-refractivity contribution in [1.29, 1.82) is 0 Å². The number of ether oxygens (including phenoxy) is 1. The van der Waals surface area contributed by atoms with Crippen LogP contribution in [0.25, 0.3) is 0 Å². The Balaban J connectivity index is 1.60. The molecule has 0 amide bonds. The van der Waals surface area contributed by atoms with E-state index in [-0.39, 0.29) is 6.10 Å². The van der Waals surface area contributed by atoms with Gasteiger partial charge in [-0.05, 0) is 37.0 Å². The van der Waals surface area contributed by atoms with E-state index in [1.807, 2.05) is 0 Å². The minimum Gasteiger partial charge on any atom is -0.371 e. The van der Waals surface area contributed by atoms with Gasteiger partial charge in [0.2, 0.25) is 0 Å². The zero-order valence-corrected chi connectivity index (χ0v) is 12.8. The Morgan fingerprint density at radius 2 is 1.90 bits per heavy atom. The average molecular weight is 281 g/mol. The van der Waals surface area contributed by atoms with E-state index in [1.54, 1.807) is 0 Å². The predicted octanol–water partition coefficient (Wildman–Crippen LogP) is 3.58. The van der Waals surface area contributed by atoms with Gasteiger partial charge in [-0.3, -0.25) is 0 Å². The monoisotopic (exact) mass is 281 g/mol. The van der Waals surface area contributed by atoms with Crippen molar-refractivity contribution in [3.63, 3.8) is 0 Å². The van der Waals surface area contributed by atoms with Crippen LogP contribution < -0.4 is 5.32 Å². The number of hydrogen-bond acceptors (Lipinski definition) is 2. The third kappa shape index (κ3) is 3.52. The molecule has 2 heteroatoms. The molecule has 0 spiro atoms. The number of rotatable bonds is 3. The molecule has 21 heavy (non-hydrogen) atoms. The van der Waals surface area contributed by atoms with Crippen LogP contribution in [0, 0.1) is 13.8 Å². The van der Waals surface area contributed by atoms with Crippen LogP contribution in [0.5, 0.6) is 0 Å². The topological polar surface area (TPSA) is 21.3 Å². The van der Waals surface area contributed by atoms with Crippen molar-refractivity contribution in [2.24, 2.45) is 0 Å². The molecule has 0 bridgehead atoms. The third-order valence-electron chi connectivity index (χ3n) is 4.19. The Bertz CT molecular complexity index is 586. The van der Waals surface area contributed by atoms with Gasteiger partial charge in [-0.2, -0.15) is 0 Å². The first kappa shape index (κ1) is 14.3. The van der Waals surface area contributed by atoms with Crippen LogP contribution >= 0.6 is 0 Å². The van der Waals surface area contributed by atoms with Gasteiger partial charge >= 0.3 is 0 Å². The summed E-state index contributed by atoms with van der Waals surface area (Å²) in [5.41, 5.74) is 5.31.